The third-order valence-electron chi connectivity index (χ3n) is 3.38. The zero-order valence-electron chi connectivity index (χ0n) is 9.52. The molecule has 2 rings (SSSR count). The molecule has 0 aliphatic carbocycles. The molecule has 2 saturated heterocycles. The Morgan fingerprint density at radius 1 is 1.19 bits per heavy atom. The SMILES string of the molecule is Cl.O=C(C1CCCCN1)N1CCC(O)CC1. The second kappa shape index (κ2) is 6.42. The van der Waals surface area contributed by atoms with Crippen molar-refractivity contribution in [3.8, 4) is 0 Å². The Bertz CT molecular complexity index is 224. The second-order valence-electron chi connectivity index (χ2n) is 4.56. The van der Waals surface area contributed by atoms with Crippen LogP contribution in [0.3, 0.4) is 0 Å². The fraction of sp³-hybridized carbons (Fsp3) is 0.909. The number of nitrogens with one attached hydrogen (secondary N) is 1. The van der Waals surface area contributed by atoms with Crippen LogP contribution in [0.25, 0.3) is 0 Å². The summed E-state index contributed by atoms with van der Waals surface area (Å²) in [6.07, 6.45) is 4.57. The summed E-state index contributed by atoms with van der Waals surface area (Å²) in [4.78, 5) is 13.9. The molecule has 0 saturated carbocycles. The van der Waals surface area contributed by atoms with E-state index in [-0.39, 0.29) is 30.5 Å². The van der Waals surface area contributed by atoms with E-state index >= 15 is 0 Å². The highest BCUT2D eigenvalue weighted by Gasteiger charge is 2.28. The van der Waals surface area contributed by atoms with Crippen LogP contribution in [0.5, 0.6) is 0 Å². The molecule has 0 bridgehead atoms. The fourth-order valence-corrected chi connectivity index (χ4v) is 2.37. The molecule has 0 radical (unpaired) electrons. The Morgan fingerprint density at radius 3 is 2.44 bits per heavy atom. The summed E-state index contributed by atoms with van der Waals surface area (Å²) in [5.41, 5.74) is 0. The normalized spacial score (nSPS) is 27.3. The van der Waals surface area contributed by atoms with E-state index in [0.29, 0.717) is 0 Å². The number of rotatable bonds is 1. The van der Waals surface area contributed by atoms with Crippen molar-refractivity contribution in [3.63, 3.8) is 0 Å². The Labute approximate surface area is 103 Å². The highest BCUT2D eigenvalue weighted by Crippen LogP contribution is 2.14. The molecule has 0 spiro atoms. The first-order valence-electron chi connectivity index (χ1n) is 5.97. The van der Waals surface area contributed by atoms with E-state index in [9.17, 15) is 9.90 Å². The Kier molecular flexibility index (Phi) is 5.52. The van der Waals surface area contributed by atoms with Crippen molar-refractivity contribution in [2.24, 2.45) is 0 Å². The molecule has 2 aliphatic heterocycles. The Hall–Kier alpha value is -0.320. The third-order valence-corrected chi connectivity index (χ3v) is 3.38. The molecule has 5 heteroatoms. The Morgan fingerprint density at radius 2 is 1.88 bits per heavy atom. The van der Waals surface area contributed by atoms with E-state index in [2.05, 4.69) is 5.32 Å². The first-order chi connectivity index (χ1) is 7.27. The van der Waals surface area contributed by atoms with Gasteiger partial charge in [-0.25, -0.2) is 0 Å². The van der Waals surface area contributed by atoms with Crippen molar-refractivity contribution < 1.29 is 9.90 Å². The average molecular weight is 249 g/mol. The maximum Gasteiger partial charge on any atom is 0.239 e. The molecule has 2 N–H and O–H groups in total. The maximum absolute atomic E-state index is 12.0. The largest absolute Gasteiger partial charge is 0.393 e. The minimum Gasteiger partial charge on any atom is -0.393 e. The number of likely N-dealkylation sites (tertiary alicyclic amines) is 1. The fourth-order valence-electron chi connectivity index (χ4n) is 2.37. The van der Waals surface area contributed by atoms with Gasteiger partial charge in [0.15, 0.2) is 0 Å². The van der Waals surface area contributed by atoms with Crippen molar-refractivity contribution in [2.45, 2.75) is 44.2 Å². The molecule has 2 fully saturated rings. The number of carbonyl (C=O) groups excluding carboxylic acids is 1. The lowest BCUT2D eigenvalue weighted by Crippen LogP contribution is -2.51. The van der Waals surface area contributed by atoms with Crippen LogP contribution >= 0.6 is 12.4 Å². The summed E-state index contributed by atoms with van der Waals surface area (Å²) in [6, 6.07) is 0.0361. The predicted octanol–water partition coefficient (Wildman–Crippen LogP) is 0.534. The van der Waals surface area contributed by atoms with Gasteiger partial charge in [-0.2, -0.15) is 0 Å². The zero-order chi connectivity index (χ0) is 10.7. The summed E-state index contributed by atoms with van der Waals surface area (Å²) >= 11 is 0. The van der Waals surface area contributed by atoms with Crippen molar-refractivity contribution >= 4 is 18.3 Å². The predicted molar refractivity (Wildman–Crippen MR) is 64.7 cm³/mol. The van der Waals surface area contributed by atoms with Gasteiger partial charge >= 0.3 is 0 Å². The number of nitrogens with zero attached hydrogens (tertiary/aromatic N) is 1. The highest BCUT2D eigenvalue weighted by atomic mass is 35.5. The number of carbonyl (C=O) groups is 1. The lowest BCUT2D eigenvalue weighted by molar-refractivity contribution is -0.136. The average Bonchev–Trinajstić information content (AvgIpc) is 2.30. The van der Waals surface area contributed by atoms with Crippen molar-refractivity contribution in [2.75, 3.05) is 19.6 Å². The van der Waals surface area contributed by atoms with Crippen LogP contribution in [-0.4, -0.2) is 47.7 Å². The summed E-state index contributed by atoms with van der Waals surface area (Å²) in [5.74, 6) is 0.238. The van der Waals surface area contributed by atoms with E-state index in [1.165, 1.54) is 6.42 Å². The second-order valence-corrected chi connectivity index (χ2v) is 4.56. The molecule has 1 unspecified atom stereocenters. The van der Waals surface area contributed by atoms with Gasteiger partial charge < -0.3 is 15.3 Å². The highest BCUT2D eigenvalue weighted by molar-refractivity contribution is 5.85. The number of piperidine rings is 2. The molecule has 0 aromatic carbocycles. The number of hydrogen-bond donors (Lipinski definition) is 2. The van der Waals surface area contributed by atoms with Crippen LogP contribution in [0.1, 0.15) is 32.1 Å². The molecule has 1 atom stereocenters. The molecule has 16 heavy (non-hydrogen) atoms. The number of halogens is 1. The molecule has 1 amide bonds. The van der Waals surface area contributed by atoms with E-state index < -0.39 is 0 Å². The molecule has 0 aromatic heterocycles. The van der Waals surface area contributed by atoms with Crippen LogP contribution in [0.4, 0.5) is 0 Å². The van der Waals surface area contributed by atoms with E-state index in [1.54, 1.807) is 0 Å². The topological polar surface area (TPSA) is 52.6 Å². The van der Waals surface area contributed by atoms with Crippen molar-refractivity contribution in [1.82, 2.24) is 10.2 Å². The van der Waals surface area contributed by atoms with Crippen LogP contribution in [0, 0.1) is 0 Å². The van der Waals surface area contributed by atoms with E-state index in [0.717, 1.165) is 45.3 Å². The quantitative estimate of drug-likeness (QED) is 0.712. The maximum atomic E-state index is 12.0. The van der Waals surface area contributed by atoms with E-state index in [1.807, 2.05) is 4.90 Å². The zero-order valence-corrected chi connectivity index (χ0v) is 10.3. The minimum atomic E-state index is -0.201. The van der Waals surface area contributed by atoms with Gasteiger partial charge in [0.25, 0.3) is 0 Å². The standard InChI is InChI=1S/C11H20N2O2.ClH/c14-9-4-7-13(8-5-9)11(15)10-3-1-2-6-12-10;/h9-10,12,14H,1-8H2;1H. The van der Waals surface area contributed by atoms with Gasteiger partial charge in [-0.05, 0) is 32.2 Å². The molecule has 0 aromatic rings. The number of aliphatic hydroxyl groups excluding tert-OH is 1. The smallest absolute Gasteiger partial charge is 0.239 e. The molecule has 4 nitrogen and oxygen atoms in total. The van der Waals surface area contributed by atoms with Gasteiger partial charge in [-0.3, -0.25) is 4.79 Å². The van der Waals surface area contributed by atoms with Gasteiger partial charge in [-0.15, -0.1) is 12.4 Å². The summed E-state index contributed by atoms with van der Waals surface area (Å²) < 4.78 is 0. The van der Waals surface area contributed by atoms with Crippen molar-refractivity contribution in [3.05, 3.63) is 0 Å². The van der Waals surface area contributed by atoms with Crippen LogP contribution in [-0.2, 0) is 4.79 Å². The van der Waals surface area contributed by atoms with Crippen molar-refractivity contribution in [1.29, 1.82) is 0 Å². The van der Waals surface area contributed by atoms with Crippen LogP contribution in [0.2, 0.25) is 0 Å². The van der Waals surface area contributed by atoms with Gasteiger partial charge in [0, 0.05) is 13.1 Å². The monoisotopic (exact) mass is 248 g/mol. The first-order valence-corrected chi connectivity index (χ1v) is 5.97. The molecule has 2 aliphatic rings. The summed E-state index contributed by atoms with van der Waals surface area (Å²) in [5, 5.41) is 12.6. The molecular formula is C11H21ClN2O2. The van der Waals surface area contributed by atoms with Gasteiger partial charge in [0.05, 0.1) is 12.1 Å². The number of hydrogen-bond acceptors (Lipinski definition) is 3. The van der Waals surface area contributed by atoms with Crippen LogP contribution in [0.15, 0.2) is 0 Å². The lowest BCUT2D eigenvalue weighted by atomic mass is 10.0. The van der Waals surface area contributed by atoms with E-state index in [4.69, 9.17) is 0 Å². The van der Waals surface area contributed by atoms with Gasteiger partial charge in [0.1, 0.15) is 0 Å². The third kappa shape index (κ3) is 3.34. The summed E-state index contributed by atoms with van der Waals surface area (Å²) in [6.45, 7) is 2.41. The summed E-state index contributed by atoms with van der Waals surface area (Å²) in [7, 11) is 0. The lowest BCUT2D eigenvalue weighted by Gasteiger charge is -2.34. The molecular weight excluding hydrogens is 228 g/mol. The number of amides is 1. The number of aliphatic hydroxyl groups is 1. The van der Waals surface area contributed by atoms with Crippen LogP contribution < -0.4 is 5.32 Å². The van der Waals surface area contributed by atoms with Gasteiger partial charge in [0.2, 0.25) is 5.91 Å². The Balaban J connectivity index is 0.00000128. The molecule has 94 valence electrons. The minimum absolute atomic E-state index is 0. The van der Waals surface area contributed by atoms with Gasteiger partial charge in [-0.1, -0.05) is 6.42 Å². The first kappa shape index (κ1) is 13.7. The molecule has 2 heterocycles.